The Hall–Kier alpha value is -2.55. The van der Waals surface area contributed by atoms with Crippen molar-refractivity contribution in [3.63, 3.8) is 0 Å². The fourth-order valence-corrected chi connectivity index (χ4v) is 4.71. The number of carbonyl (C=O) groups excluding carboxylic acids is 4. The van der Waals surface area contributed by atoms with Crippen LogP contribution in [0.3, 0.4) is 0 Å². The molecule has 0 aromatic heterocycles. The van der Waals surface area contributed by atoms with Crippen LogP contribution in [0.15, 0.2) is 24.3 Å². The van der Waals surface area contributed by atoms with Gasteiger partial charge in [-0.05, 0) is 25.5 Å². The number of anilines is 1. The summed E-state index contributed by atoms with van der Waals surface area (Å²) < 4.78 is 9.78. The molecular formula is C18H20N2O6S. The normalized spacial score (nSPS) is 23.7. The third kappa shape index (κ3) is 3.78. The predicted octanol–water partition coefficient (Wildman–Crippen LogP) is 1.41. The zero-order valence-electron chi connectivity index (χ0n) is 15.0. The van der Waals surface area contributed by atoms with Crippen LogP contribution >= 0.6 is 11.8 Å². The third-order valence-corrected chi connectivity index (χ3v) is 6.17. The summed E-state index contributed by atoms with van der Waals surface area (Å²) in [6.45, 7) is 1.43. The number of benzene rings is 1. The summed E-state index contributed by atoms with van der Waals surface area (Å²) >= 11 is 1.55. The minimum Gasteiger partial charge on any atom is -0.465 e. The largest absolute Gasteiger partial charge is 0.465 e. The van der Waals surface area contributed by atoms with Crippen molar-refractivity contribution in [2.45, 2.75) is 30.7 Å². The summed E-state index contributed by atoms with van der Waals surface area (Å²) in [5.74, 6) is -1.38. The molecule has 0 aliphatic carbocycles. The van der Waals surface area contributed by atoms with Crippen LogP contribution in [-0.4, -0.2) is 59.0 Å². The Balaban J connectivity index is 1.58. The highest BCUT2D eigenvalue weighted by Gasteiger charge is 2.53. The van der Waals surface area contributed by atoms with Crippen LogP contribution < -0.4 is 5.32 Å². The Kier molecular flexibility index (Phi) is 5.41. The average molecular weight is 392 g/mol. The fourth-order valence-electron chi connectivity index (χ4n) is 3.29. The van der Waals surface area contributed by atoms with Crippen molar-refractivity contribution in [3.8, 4) is 0 Å². The number of rotatable bonds is 5. The Morgan fingerprint density at radius 3 is 2.81 bits per heavy atom. The van der Waals surface area contributed by atoms with Gasteiger partial charge in [-0.3, -0.25) is 9.59 Å². The van der Waals surface area contributed by atoms with Gasteiger partial charge in [-0.2, -0.15) is 0 Å². The summed E-state index contributed by atoms with van der Waals surface area (Å²) in [7, 11) is 1.25. The van der Waals surface area contributed by atoms with Crippen molar-refractivity contribution in [2.24, 2.45) is 0 Å². The smallest absolute Gasteiger partial charge is 0.339 e. The lowest BCUT2D eigenvalue weighted by atomic mass is 10.2. The number of nitrogens with one attached hydrogen (secondary N) is 1. The van der Waals surface area contributed by atoms with Crippen LogP contribution in [0.2, 0.25) is 0 Å². The Bertz CT molecular complexity index is 798. The molecule has 27 heavy (non-hydrogen) atoms. The Morgan fingerprint density at radius 2 is 2.07 bits per heavy atom. The molecule has 0 unspecified atom stereocenters. The van der Waals surface area contributed by atoms with Crippen LogP contribution in [0.5, 0.6) is 0 Å². The predicted molar refractivity (Wildman–Crippen MR) is 98.1 cm³/mol. The van der Waals surface area contributed by atoms with Crippen molar-refractivity contribution in [2.75, 3.05) is 24.8 Å². The van der Waals surface area contributed by atoms with Crippen LogP contribution in [-0.2, 0) is 23.9 Å². The zero-order valence-corrected chi connectivity index (χ0v) is 15.8. The second-order valence-corrected chi connectivity index (χ2v) is 7.96. The lowest BCUT2D eigenvalue weighted by molar-refractivity contribution is -0.155. The van der Waals surface area contributed by atoms with E-state index in [-0.39, 0.29) is 22.0 Å². The van der Waals surface area contributed by atoms with Crippen molar-refractivity contribution in [3.05, 3.63) is 29.8 Å². The topological polar surface area (TPSA) is 102 Å². The molecule has 2 fully saturated rings. The molecule has 2 heterocycles. The Labute approximate surface area is 160 Å². The van der Waals surface area contributed by atoms with E-state index in [1.807, 2.05) is 6.92 Å². The van der Waals surface area contributed by atoms with Gasteiger partial charge in [0.05, 0.1) is 23.2 Å². The van der Waals surface area contributed by atoms with Crippen LogP contribution in [0.1, 0.15) is 30.1 Å². The summed E-state index contributed by atoms with van der Waals surface area (Å²) in [5, 5.41) is 2.53. The second kappa shape index (κ2) is 7.59. The summed E-state index contributed by atoms with van der Waals surface area (Å²) in [5.41, 5.74) is 0.467. The molecule has 0 bridgehead atoms. The summed E-state index contributed by atoms with van der Waals surface area (Å²) in [4.78, 5) is 49.5. The molecule has 1 aromatic carbocycles. The van der Waals surface area contributed by atoms with Crippen LogP contribution in [0.25, 0.3) is 0 Å². The number of ether oxygens (including phenoxy) is 2. The van der Waals surface area contributed by atoms with E-state index in [4.69, 9.17) is 4.74 Å². The van der Waals surface area contributed by atoms with Gasteiger partial charge in [-0.1, -0.05) is 12.1 Å². The molecular weight excluding hydrogens is 372 g/mol. The number of esters is 2. The van der Waals surface area contributed by atoms with Gasteiger partial charge < -0.3 is 19.7 Å². The van der Waals surface area contributed by atoms with Crippen LogP contribution in [0, 0.1) is 0 Å². The van der Waals surface area contributed by atoms with E-state index in [1.165, 1.54) is 13.2 Å². The first-order valence-corrected chi connectivity index (χ1v) is 9.44. The lowest BCUT2D eigenvalue weighted by Crippen LogP contribution is -2.47. The zero-order chi connectivity index (χ0) is 19.6. The summed E-state index contributed by atoms with van der Waals surface area (Å²) in [6.07, 6.45) is 1.11. The molecule has 0 radical (unpaired) electrons. The first-order valence-electron chi connectivity index (χ1n) is 8.45. The molecule has 1 aromatic rings. The van der Waals surface area contributed by atoms with Gasteiger partial charge in [-0.25, -0.2) is 9.59 Å². The molecule has 2 aliphatic heterocycles. The standard InChI is InChI=1S/C18H20N2O6S/c1-18-8-7-15(22)20(18)13(10-27-18)17(24)26-9-14(21)19-12-6-4-3-5-11(12)16(23)25-2/h3-6,13H,7-10H2,1-2H3,(H,19,21)/t13-,18+/m0/s1. The number of thioether (sulfide) groups is 1. The van der Waals surface area contributed by atoms with Crippen molar-refractivity contribution < 1.29 is 28.7 Å². The molecule has 2 aliphatic rings. The van der Waals surface area contributed by atoms with Gasteiger partial charge in [0.1, 0.15) is 6.04 Å². The molecule has 3 rings (SSSR count). The highest BCUT2D eigenvalue weighted by molar-refractivity contribution is 8.01. The molecule has 144 valence electrons. The minimum atomic E-state index is -0.676. The quantitative estimate of drug-likeness (QED) is 0.756. The number of methoxy groups -OCH3 is 1. The second-order valence-electron chi connectivity index (χ2n) is 6.46. The first kappa shape index (κ1) is 19.2. The monoisotopic (exact) mass is 392 g/mol. The van der Waals surface area contributed by atoms with Crippen molar-refractivity contribution in [1.82, 2.24) is 4.90 Å². The molecule has 1 N–H and O–H groups in total. The highest BCUT2D eigenvalue weighted by atomic mass is 32.2. The average Bonchev–Trinajstić information content (AvgIpc) is 3.15. The van der Waals surface area contributed by atoms with Gasteiger partial charge in [0.2, 0.25) is 5.91 Å². The van der Waals surface area contributed by atoms with Crippen molar-refractivity contribution in [1.29, 1.82) is 0 Å². The number of amides is 2. The van der Waals surface area contributed by atoms with E-state index in [2.05, 4.69) is 10.1 Å². The van der Waals surface area contributed by atoms with Gasteiger partial charge >= 0.3 is 11.9 Å². The van der Waals surface area contributed by atoms with Crippen LogP contribution in [0.4, 0.5) is 5.69 Å². The maximum Gasteiger partial charge on any atom is 0.339 e. The van der Waals surface area contributed by atoms with E-state index in [0.717, 1.165) is 0 Å². The first-order chi connectivity index (χ1) is 12.9. The van der Waals surface area contributed by atoms with E-state index in [1.54, 1.807) is 34.9 Å². The van der Waals surface area contributed by atoms with Gasteiger partial charge in [0, 0.05) is 12.2 Å². The molecule has 9 heteroatoms. The van der Waals surface area contributed by atoms with E-state index in [0.29, 0.717) is 18.6 Å². The molecule has 8 nitrogen and oxygen atoms in total. The van der Waals surface area contributed by atoms with Gasteiger partial charge in [0.15, 0.2) is 6.61 Å². The van der Waals surface area contributed by atoms with Gasteiger partial charge in [-0.15, -0.1) is 11.8 Å². The van der Waals surface area contributed by atoms with Gasteiger partial charge in [0.25, 0.3) is 5.91 Å². The maximum absolute atomic E-state index is 12.4. The SMILES string of the molecule is COC(=O)c1ccccc1NC(=O)COC(=O)[C@@H]1CS[C@]2(C)CCC(=O)N12. The summed E-state index contributed by atoms with van der Waals surface area (Å²) in [6, 6.07) is 5.69. The van der Waals surface area contributed by atoms with Crippen molar-refractivity contribution >= 4 is 41.2 Å². The van der Waals surface area contributed by atoms with E-state index in [9.17, 15) is 19.2 Å². The Morgan fingerprint density at radius 1 is 1.33 bits per heavy atom. The number of fused-ring (bicyclic) bond motifs is 1. The fraction of sp³-hybridized carbons (Fsp3) is 0.444. The molecule has 2 amide bonds. The molecule has 0 spiro atoms. The molecule has 0 saturated carbocycles. The number of nitrogens with zero attached hydrogens (tertiary/aromatic N) is 1. The van der Waals surface area contributed by atoms with E-state index < -0.39 is 30.5 Å². The number of carbonyl (C=O) groups is 4. The number of para-hydroxylation sites is 1. The number of hydrogen-bond donors (Lipinski definition) is 1. The highest BCUT2D eigenvalue weighted by Crippen LogP contribution is 2.47. The number of hydrogen-bond acceptors (Lipinski definition) is 7. The maximum atomic E-state index is 12.4. The van der Waals surface area contributed by atoms with E-state index >= 15 is 0 Å². The minimum absolute atomic E-state index is 0.0686. The molecule has 2 atom stereocenters. The lowest BCUT2D eigenvalue weighted by Gasteiger charge is -2.29. The molecule has 2 saturated heterocycles. The third-order valence-electron chi connectivity index (χ3n) is 4.67.